The number of rotatable bonds is 7. The van der Waals surface area contributed by atoms with Gasteiger partial charge in [0.1, 0.15) is 0 Å². The van der Waals surface area contributed by atoms with Gasteiger partial charge >= 0.3 is 0 Å². The van der Waals surface area contributed by atoms with E-state index in [1.54, 1.807) is 11.0 Å². The maximum atomic E-state index is 12.6. The minimum absolute atomic E-state index is 0.0500. The van der Waals surface area contributed by atoms with E-state index in [9.17, 15) is 19.2 Å². The Balaban J connectivity index is 1.27. The number of nitrogens with zero attached hydrogens (tertiary/aromatic N) is 2. The molecule has 4 amide bonds. The molecule has 7 nitrogen and oxygen atoms in total. The Hall–Kier alpha value is -3.39. The summed E-state index contributed by atoms with van der Waals surface area (Å²) in [6.45, 7) is 1.09. The summed E-state index contributed by atoms with van der Waals surface area (Å²) in [6, 6.07) is 19.0. The van der Waals surface area contributed by atoms with E-state index in [-0.39, 0.29) is 42.5 Å². The molecule has 0 radical (unpaired) electrons. The van der Waals surface area contributed by atoms with Gasteiger partial charge in [0, 0.05) is 32.6 Å². The van der Waals surface area contributed by atoms with Gasteiger partial charge in [-0.25, -0.2) is 0 Å². The fraction of sp³-hybridized carbons (Fsp3) is 0.250. The Labute approximate surface area is 190 Å². The molecule has 8 heteroatoms. The molecule has 32 heavy (non-hydrogen) atoms. The van der Waals surface area contributed by atoms with Crippen LogP contribution in [0.4, 0.5) is 4.79 Å². The van der Waals surface area contributed by atoms with Crippen LogP contribution in [0, 0.1) is 5.92 Å². The summed E-state index contributed by atoms with van der Waals surface area (Å²) >= 11 is 0.897. The molecule has 2 aliphatic rings. The first-order chi connectivity index (χ1) is 15.5. The van der Waals surface area contributed by atoms with E-state index < -0.39 is 5.92 Å². The summed E-state index contributed by atoms with van der Waals surface area (Å²) in [5.74, 6) is -1.08. The van der Waals surface area contributed by atoms with Crippen molar-refractivity contribution in [3.63, 3.8) is 0 Å². The van der Waals surface area contributed by atoms with Gasteiger partial charge in [0.25, 0.3) is 11.1 Å². The SMILES string of the molecule is O=C(NCCN1C(=O)S/C(=C\c2ccccc2)C1=O)C1CC(=O)N(Cc2ccccc2)C1. The lowest BCUT2D eigenvalue weighted by Crippen LogP contribution is -2.40. The number of benzene rings is 2. The third kappa shape index (κ3) is 5.08. The molecule has 164 valence electrons. The number of nitrogens with one attached hydrogen (secondary N) is 1. The lowest BCUT2D eigenvalue weighted by atomic mass is 10.1. The van der Waals surface area contributed by atoms with Crippen molar-refractivity contribution in [2.45, 2.75) is 13.0 Å². The predicted molar refractivity (Wildman–Crippen MR) is 122 cm³/mol. The van der Waals surface area contributed by atoms with Gasteiger partial charge in [-0.1, -0.05) is 60.7 Å². The number of carbonyl (C=O) groups excluding carboxylic acids is 4. The first-order valence-electron chi connectivity index (χ1n) is 10.4. The zero-order chi connectivity index (χ0) is 22.5. The molecule has 4 rings (SSSR count). The maximum absolute atomic E-state index is 12.6. The molecule has 1 atom stereocenters. The number of hydrogen-bond acceptors (Lipinski definition) is 5. The van der Waals surface area contributed by atoms with Crippen molar-refractivity contribution in [2.24, 2.45) is 5.92 Å². The molecule has 2 aromatic carbocycles. The topological polar surface area (TPSA) is 86.8 Å². The molecule has 2 saturated heterocycles. The summed E-state index contributed by atoms with van der Waals surface area (Å²) < 4.78 is 0. The summed E-state index contributed by atoms with van der Waals surface area (Å²) in [4.78, 5) is 52.8. The Morgan fingerprint density at radius 1 is 1.03 bits per heavy atom. The van der Waals surface area contributed by atoms with Crippen molar-refractivity contribution in [3.05, 3.63) is 76.7 Å². The minimum Gasteiger partial charge on any atom is -0.354 e. The molecule has 2 aliphatic heterocycles. The smallest absolute Gasteiger partial charge is 0.293 e. The van der Waals surface area contributed by atoms with Gasteiger partial charge in [-0.05, 0) is 29.0 Å². The van der Waals surface area contributed by atoms with Gasteiger partial charge in [-0.15, -0.1) is 0 Å². The zero-order valence-corrected chi connectivity index (χ0v) is 18.2. The zero-order valence-electron chi connectivity index (χ0n) is 17.4. The van der Waals surface area contributed by atoms with Crippen LogP contribution in [0.3, 0.4) is 0 Å². The highest BCUT2D eigenvalue weighted by Gasteiger charge is 2.36. The molecule has 0 bridgehead atoms. The van der Waals surface area contributed by atoms with Crippen LogP contribution in [0.15, 0.2) is 65.6 Å². The summed E-state index contributed by atoms with van der Waals surface area (Å²) in [6.07, 6.45) is 1.86. The molecule has 2 fully saturated rings. The van der Waals surface area contributed by atoms with Crippen LogP contribution in [0.25, 0.3) is 6.08 Å². The van der Waals surface area contributed by atoms with Crippen molar-refractivity contribution in [1.82, 2.24) is 15.1 Å². The monoisotopic (exact) mass is 449 g/mol. The second kappa shape index (κ2) is 9.82. The van der Waals surface area contributed by atoms with Crippen LogP contribution in [0.1, 0.15) is 17.5 Å². The molecule has 2 aromatic rings. The molecule has 0 aliphatic carbocycles. The highest BCUT2D eigenvalue weighted by Crippen LogP contribution is 2.31. The Morgan fingerprint density at radius 3 is 2.44 bits per heavy atom. The normalized spacial score (nSPS) is 19.8. The fourth-order valence-electron chi connectivity index (χ4n) is 3.73. The molecule has 1 N–H and O–H groups in total. The molecule has 0 saturated carbocycles. The van der Waals surface area contributed by atoms with E-state index in [0.717, 1.165) is 27.8 Å². The molecular weight excluding hydrogens is 426 g/mol. The first kappa shape index (κ1) is 21.8. The Kier molecular flexibility index (Phi) is 6.70. The summed E-state index contributed by atoms with van der Waals surface area (Å²) in [5, 5.41) is 2.42. The number of carbonyl (C=O) groups is 4. The minimum atomic E-state index is -0.431. The number of hydrogen-bond donors (Lipinski definition) is 1. The standard InChI is InChI=1S/C24H23N3O4S/c28-21-14-19(16-26(21)15-18-9-5-2-6-10-18)22(29)25-11-12-27-23(30)20(32-24(27)31)13-17-7-3-1-4-8-17/h1-10,13,19H,11-12,14-16H2,(H,25,29)/b20-13-. The third-order valence-corrected chi connectivity index (χ3v) is 6.31. The molecule has 0 aromatic heterocycles. The van der Waals surface area contributed by atoms with Crippen molar-refractivity contribution < 1.29 is 19.2 Å². The largest absolute Gasteiger partial charge is 0.354 e. The van der Waals surface area contributed by atoms with Crippen LogP contribution in [-0.2, 0) is 20.9 Å². The van der Waals surface area contributed by atoms with E-state index in [0.29, 0.717) is 18.0 Å². The molecular formula is C24H23N3O4S. The number of amides is 4. The second-order valence-electron chi connectivity index (χ2n) is 7.70. The van der Waals surface area contributed by atoms with Gasteiger partial charge in [0.2, 0.25) is 11.8 Å². The number of thioether (sulfide) groups is 1. The third-order valence-electron chi connectivity index (χ3n) is 5.41. The van der Waals surface area contributed by atoms with Gasteiger partial charge in [0.05, 0.1) is 10.8 Å². The van der Waals surface area contributed by atoms with E-state index in [1.165, 1.54) is 0 Å². The lowest BCUT2D eigenvalue weighted by molar-refractivity contribution is -0.129. The van der Waals surface area contributed by atoms with Gasteiger partial charge in [0.15, 0.2) is 0 Å². The van der Waals surface area contributed by atoms with E-state index in [1.807, 2.05) is 60.7 Å². The van der Waals surface area contributed by atoms with Crippen molar-refractivity contribution in [2.75, 3.05) is 19.6 Å². The fourth-order valence-corrected chi connectivity index (χ4v) is 4.60. The average Bonchev–Trinajstić information content (AvgIpc) is 3.29. The predicted octanol–water partition coefficient (Wildman–Crippen LogP) is 2.89. The summed E-state index contributed by atoms with van der Waals surface area (Å²) in [5.41, 5.74) is 1.86. The Bertz CT molecular complexity index is 1060. The first-order valence-corrected chi connectivity index (χ1v) is 11.2. The highest BCUT2D eigenvalue weighted by atomic mass is 32.2. The van der Waals surface area contributed by atoms with Crippen LogP contribution in [0.2, 0.25) is 0 Å². The molecule has 0 spiro atoms. The summed E-state index contributed by atoms with van der Waals surface area (Å²) in [7, 11) is 0. The quantitative estimate of drug-likeness (QED) is 0.657. The van der Waals surface area contributed by atoms with Crippen molar-refractivity contribution in [1.29, 1.82) is 0 Å². The van der Waals surface area contributed by atoms with Crippen LogP contribution in [-0.4, -0.2) is 52.4 Å². The lowest BCUT2D eigenvalue weighted by Gasteiger charge is -2.17. The molecule has 1 unspecified atom stereocenters. The van der Waals surface area contributed by atoms with E-state index in [2.05, 4.69) is 5.32 Å². The number of imide groups is 1. The van der Waals surface area contributed by atoms with E-state index in [4.69, 9.17) is 0 Å². The van der Waals surface area contributed by atoms with Gasteiger partial charge < -0.3 is 10.2 Å². The Morgan fingerprint density at radius 2 is 1.72 bits per heavy atom. The maximum Gasteiger partial charge on any atom is 0.293 e. The van der Waals surface area contributed by atoms with Crippen molar-refractivity contribution >= 4 is 40.8 Å². The highest BCUT2D eigenvalue weighted by molar-refractivity contribution is 8.18. The van der Waals surface area contributed by atoms with Gasteiger partial charge in [-0.3, -0.25) is 24.1 Å². The molecule has 2 heterocycles. The van der Waals surface area contributed by atoms with E-state index >= 15 is 0 Å². The van der Waals surface area contributed by atoms with Crippen LogP contribution >= 0.6 is 11.8 Å². The van der Waals surface area contributed by atoms with Crippen LogP contribution < -0.4 is 5.32 Å². The van der Waals surface area contributed by atoms with Crippen LogP contribution in [0.5, 0.6) is 0 Å². The number of likely N-dealkylation sites (tertiary alicyclic amines) is 1. The second-order valence-corrected chi connectivity index (χ2v) is 8.69. The average molecular weight is 450 g/mol. The van der Waals surface area contributed by atoms with Gasteiger partial charge in [-0.2, -0.15) is 0 Å². The van der Waals surface area contributed by atoms with Crippen molar-refractivity contribution in [3.8, 4) is 0 Å².